The van der Waals surface area contributed by atoms with Crippen LogP contribution in [0.4, 0.5) is 0 Å². The molecule has 0 radical (unpaired) electrons. The van der Waals surface area contributed by atoms with Crippen LogP contribution in [0.2, 0.25) is 0 Å². The first-order valence-electron chi connectivity index (χ1n) is 7.10. The molecule has 0 aliphatic carbocycles. The second-order valence-electron chi connectivity index (χ2n) is 5.62. The van der Waals surface area contributed by atoms with Gasteiger partial charge in [0.15, 0.2) is 5.58 Å². The zero-order valence-corrected chi connectivity index (χ0v) is 12.8. The number of carbonyl (C=O) groups is 1. The number of carbonyl (C=O) groups excluding carboxylic acids is 1. The molecule has 21 heavy (non-hydrogen) atoms. The van der Waals surface area contributed by atoms with Crippen LogP contribution < -0.4 is 5.32 Å². The molecule has 1 amide bonds. The van der Waals surface area contributed by atoms with Crippen molar-refractivity contribution >= 4 is 29.2 Å². The van der Waals surface area contributed by atoms with Gasteiger partial charge in [-0.1, -0.05) is 0 Å². The molecule has 5 nitrogen and oxygen atoms in total. The van der Waals surface area contributed by atoms with Crippen molar-refractivity contribution < 1.29 is 13.9 Å². The van der Waals surface area contributed by atoms with E-state index >= 15 is 0 Å². The van der Waals surface area contributed by atoms with Crippen molar-refractivity contribution in [1.29, 1.82) is 0 Å². The van der Waals surface area contributed by atoms with Gasteiger partial charge in [-0.3, -0.25) is 4.79 Å². The number of aromatic nitrogens is 1. The lowest BCUT2D eigenvalue weighted by molar-refractivity contribution is -0.0408. The molecule has 0 saturated carbocycles. The summed E-state index contributed by atoms with van der Waals surface area (Å²) in [5, 5.41) is 3.07. The number of benzene rings is 1. The van der Waals surface area contributed by atoms with Crippen LogP contribution in [-0.4, -0.2) is 29.1 Å². The highest BCUT2D eigenvalue weighted by atomic mass is 32.1. The SMILES string of the molecule is C[C@H]1CC(NC(=O)c2ccc3[nH]c(=S)oc3c2)C[C@H](C)O1. The molecule has 1 aliphatic heterocycles. The Balaban J connectivity index is 1.75. The summed E-state index contributed by atoms with van der Waals surface area (Å²) < 4.78 is 11.0. The summed E-state index contributed by atoms with van der Waals surface area (Å²) in [4.78, 5) is 15.6. The first kappa shape index (κ1) is 14.3. The number of H-pyrrole nitrogens is 1. The molecule has 3 rings (SSSR count). The lowest BCUT2D eigenvalue weighted by Gasteiger charge is -2.32. The van der Waals surface area contributed by atoms with Crippen LogP contribution in [0.5, 0.6) is 0 Å². The van der Waals surface area contributed by atoms with Crippen LogP contribution >= 0.6 is 12.2 Å². The number of amides is 1. The number of fused-ring (bicyclic) bond motifs is 1. The normalized spacial score (nSPS) is 25.9. The van der Waals surface area contributed by atoms with Gasteiger partial charge in [0.05, 0.1) is 17.7 Å². The molecule has 2 heterocycles. The Bertz CT molecular complexity index is 711. The van der Waals surface area contributed by atoms with E-state index in [1.807, 2.05) is 13.8 Å². The fourth-order valence-electron chi connectivity index (χ4n) is 2.88. The minimum absolute atomic E-state index is 0.0921. The predicted octanol–water partition coefficient (Wildman–Crippen LogP) is 3.18. The predicted molar refractivity (Wildman–Crippen MR) is 81.9 cm³/mol. The highest BCUT2D eigenvalue weighted by Crippen LogP contribution is 2.20. The Labute approximate surface area is 127 Å². The largest absolute Gasteiger partial charge is 0.429 e. The summed E-state index contributed by atoms with van der Waals surface area (Å²) in [6, 6.07) is 5.43. The van der Waals surface area contributed by atoms with Gasteiger partial charge in [-0.05, 0) is 57.1 Å². The van der Waals surface area contributed by atoms with E-state index in [1.54, 1.807) is 18.2 Å². The maximum atomic E-state index is 12.3. The summed E-state index contributed by atoms with van der Waals surface area (Å²) >= 11 is 4.94. The van der Waals surface area contributed by atoms with E-state index in [2.05, 4.69) is 10.3 Å². The highest BCUT2D eigenvalue weighted by Gasteiger charge is 2.25. The van der Waals surface area contributed by atoms with Gasteiger partial charge in [-0.15, -0.1) is 0 Å². The highest BCUT2D eigenvalue weighted by molar-refractivity contribution is 7.71. The van der Waals surface area contributed by atoms with Crippen molar-refractivity contribution in [3.63, 3.8) is 0 Å². The van der Waals surface area contributed by atoms with Crippen molar-refractivity contribution in [1.82, 2.24) is 10.3 Å². The van der Waals surface area contributed by atoms with E-state index in [4.69, 9.17) is 21.4 Å². The molecule has 0 spiro atoms. The Morgan fingerprint density at radius 3 is 2.76 bits per heavy atom. The summed E-state index contributed by atoms with van der Waals surface area (Å²) in [5.41, 5.74) is 1.97. The Hall–Kier alpha value is -1.66. The number of rotatable bonds is 2. The lowest BCUT2D eigenvalue weighted by Crippen LogP contribution is -2.43. The maximum absolute atomic E-state index is 12.3. The zero-order chi connectivity index (χ0) is 15.0. The second kappa shape index (κ2) is 5.61. The number of hydrogen-bond acceptors (Lipinski definition) is 4. The molecule has 2 atom stereocenters. The van der Waals surface area contributed by atoms with Crippen molar-refractivity contribution in [2.45, 2.75) is 44.9 Å². The Morgan fingerprint density at radius 2 is 2.05 bits per heavy atom. The molecule has 2 N–H and O–H groups in total. The summed E-state index contributed by atoms with van der Waals surface area (Å²) in [6.07, 6.45) is 2.01. The van der Waals surface area contributed by atoms with E-state index in [0.29, 0.717) is 16.0 Å². The van der Waals surface area contributed by atoms with Gasteiger partial charge < -0.3 is 19.5 Å². The summed E-state index contributed by atoms with van der Waals surface area (Å²) in [5.74, 6) is -0.0921. The quantitative estimate of drug-likeness (QED) is 0.836. The van der Waals surface area contributed by atoms with E-state index in [1.165, 1.54) is 0 Å². The number of hydrogen-bond donors (Lipinski definition) is 2. The average Bonchev–Trinajstić information content (AvgIpc) is 2.76. The van der Waals surface area contributed by atoms with Crippen molar-refractivity contribution in [3.05, 3.63) is 28.6 Å². The fraction of sp³-hybridized carbons (Fsp3) is 0.467. The molecule has 1 fully saturated rings. The Morgan fingerprint density at radius 1 is 1.33 bits per heavy atom. The molecule has 6 heteroatoms. The second-order valence-corrected chi connectivity index (χ2v) is 6.00. The third-order valence-corrected chi connectivity index (χ3v) is 3.90. The third-order valence-electron chi connectivity index (χ3n) is 3.72. The molecule has 1 aliphatic rings. The van der Waals surface area contributed by atoms with Gasteiger partial charge in [0.25, 0.3) is 10.7 Å². The van der Waals surface area contributed by atoms with Gasteiger partial charge >= 0.3 is 0 Å². The van der Waals surface area contributed by atoms with E-state index in [-0.39, 0.29) is 24.2 Å². The lowest BCUT2D eigenvalue weighted by atomic mass is 9.99. The van der Waals surface area contributed by atoms with Crippen LogP contribution in [0, 0.1) is 4.84 Å². The summed E-state index contributed by atoms with van der Waals surface area (Å²) in [6.45, 7) is 4.06. The van der Waals surface area contributed by atoms with Crippen LogP contribution in [0.15, 0.2) is 22.6 Å². The zero-order valence-electron chi connectivity index (χ0n) is 12.0. The van der Waals surface area contributed by atoms with Crippen LogP contribution in [0.1, 0.15) is 37.0 Å². The standard InChI is InChI=1S/C15H18N2O3S/c1-8-5-11(6-9(2)19-8)16-14(18)10-3-4-12-13(7-10)20-15(21)17-12/h3-4,7-9,11H,5-6H2,1-2H3,(H,16,18)(H,17,21)/t8-,9-/m0/s1. The van der Waals surface area contributed by atoms with Gasteiger partial charge in [-0.2, -0.15) is 0 Å². The minimum atomic E-state index is -0.0921. The van der Waals surface area contributed by atoms with Gasteiger partial charge in [0.2, 0.25) is 0 Å². The molecule has 0 bridgehead atoms. The average molecular weight is 306 g/mol. The van der Waals surface area contributed by atoms with E-state index < -0.39 is 0 Å². The van der Waals surface area contributed by atoms with E-state index in [9.17, 15) is 4.79 Å². The monoisotopic (exact) mass is 306 g/mol. The van der Waals surface area contributed by atoms with Crippen LogP contribution in [0.25, 0.3) is 11.1 Å². The van der Waals surface area contributed by atoms with Crippen molar-refractivity contribution in [3.8, 4) is 0 Å². The topological polar surface area (TPSA) is 67.3 Å². The molecular formula is C15H18N2O3S. The number of ether oxygens (including phenoxy) is 1. The van der Waals surface area contributed by atoms with Crippen molar-refractivity contribution in [2.75, 3.05) is 0 Å². The fourth-order valence-corrected chi connectivity index (χ4v) is 3.08. The molecular weight excluding hydrogens is 288 g/mol. The molecule has 112 valence electrons. The van der Waals surface area contributed by atoms with Crippen LogP contribution in [-0.2, 0) is 4.74 Å². The maximum Gasteiger partial charge on any atom is 0.266 e. The first-order valence-corrected chi connectivity index (χ1v) is 7.51. The minimum Gasteiger partial charge on any atom is -0.429 e. The molecule has 1 aromatic carbocycles. The number of aromatic amines is 1. The third kappa shape index (κ3) is 3.16. The number of oxazole rings is 1. The van der Waals surface area contributed by atoms with Crippen molar-refractivity contribution in [2.24, 2.45) is 0 Å². The van der Waals surface area contributed by atoms with Gasteiger partial charge in [0.1, 0.15) is 0 Å². The Kier molecular flexibility index (Phi) is 3.82. The number of nitrogens with one attached hydrogen (secondary N) is 2. The molecule has 1 saturated heterocycles. The first-order chi connectivity index (χ1) is 10.0. The van der Waals surface area contributed by atoms with Gasteiger partial charge in [-0.25, -0.2) is 0 Å². The molecule has 2 aromatic rings. The van der Waals surface area contributed by atoms with Crippen LogP contribution in [0.3, 0.4) is 0 Å². The smallest absolute Gasteiger partial charge is 0.266 e. The van der Waals surface area contributed by atoms with Gasteiger partial charge in [0, 0.05) is 11.6 Å². The summed E-state index contributed by atoms with van der Waals surface area (Å²) in [7, 11) is 0. The molecule has 0 unspecified atom stereocenters. The molecule has 1 aromatic heterocycles. The van der Waals surface area contributed by atoms with E-state index in [0.717, 1.165) is 18.4 Å².